The summed E-state index contributed by atoms with van der Waals surface area (Å²) in [6.45, 7) is 0. The van der Waals surface area contributed by atoms with Crippen LogP contribution in [0, 0.1) is 0 Å². The van der Waals surface area contributed by atoms with E-state index in [0.717, 1.165) is 10.5 Å². The zero-order chi connectivity index (χ0) is 15.7. The average Bonchev–Trinajstić information content (AvgIpc) is 2.73. The van der Waals surface area contributed by atoms with Gasteiger partial charge in [0, 0.05) is 10.0 Å². The van der Waals surface area contributed by atoms with Crippen LogP contribution in [0.5, 0.6) is 0 Å². The third kappa shape index (κ3) is 2.84. The lowest BCUT2D eigenvalue weighted by Gasteiger charge is -2.11. The summed E-state index contributed by atoms with van der Waals surface area (Å²) < 4.78 is 0. The molecule has 1 N–H and O–H groups in total. The summed E-state index contributed by atoms with van der Waals surface area (Å²) in [6.07, 6.45) is 1.58. The van der Waals surface area contributed by atoms with E-state index in [1.807, 2.05) is 0 Å². The lowest BCUT2D eigenvalue weighted by Crippen LogP contribution is -2.30. The molecule has 3 rings (SSSR count). The van der Waals surface area contributed by atoms with Crippen LogP contribution in [0.25, 0.3) is 6.08 Å². The highest BCUT2D eigenvalue weighted by molar-refractivity contribution is 6.32. The first-order chi connectivity index (χ1) is 10.5. The molecule has 4 nitrogen and oxygen atoms in total. The Morgan fingerprint density at radius 2 is 1.64 bits per heavy atom. The van der Waals surface area contributed by atoms with Crippen molar-refractivity contribution in [2.24, 2.45) is 0 Å². The molecule has 22 heavy (non-hydrogen) atoms. The van der Waals surface area contributed by atoms with Crippen molar-refractivity contribution in [2.45, 2.75) is 0 Å². The van der Waals surface area contributed by atoms with E-state index in [1.165, 1.54) is 0 Å². The molecule has 0 aliphatic carbocycles. The predicted octanol–water partition coefficient (Wildman–Crippen LogP) is 4.09. The van der Waals surface area contributed by atoms with E-state index in [-0.39, 0.29) is 5.70 Å². The maximum atomic E-state index is 12.4. The highest BCUT2D eigenvalue weighted by Gasteiger charge is 2.34. The van der Waals surface area contributed by atoms with Crippen LogP contribution in [0.15, 0.2) is 54.2 Å². The Labute approximate surface area is 136 Å². The molecule has 0 radical (unpaired) electrons. The number of carbonyl (C=O) groups excluding carboxylic acids is 2. The summed E-state index contributed by atoms with van der Waals surface area (Å²) in [5.41, 5.74) is 1.33. The fraction of sp³-hybridized carbons (Fsp3) is 0. The summed E-state index contributed by atoms with van der Waals surface area (Å²) in [4.78, 5) is 25.5. The van der Waals surface area contributed by atoms with Gasteiger partial charge in [-0.15, -0.1) is 0 Å². The van der Waals surface area contributed by atoms with Gasteiger partial charge in [-0.2, -0.15) is 0 Å². The minimum Gasteiger partial charge on any atom is -0.302 e. The molecule has 1 aliphatic heterocycles. The standard InChI is InChI=1S/C16H10Cl2N2O2/c17-11-4-1-3-10(7-11)8-14-15(21)20(16(22)19-14)13-6-2-5-12(18)9-13/h1-9H,(H,19,22)/b14-8+. The largest absolute Gasteiger partial charge is 0.333 e. The average molecular weight is 333 g/mol. The van der Waals surface area contributed by atoms with Gasteiger partial charge >= 0.3 is 6.03 Å². The molecule has 1 heterocycles. The lowest BCUT2D eigenvalue weighted by molar-refractivity contribution is -0.113. The van der Waals surface area contributed by atoms with Gasteiger partial charge in [0.05, 0.1) is 5.69 Å². The first-order valence-corrected chi connectivity index (χ1v) is 7.18. The third-order valence-corrected chi connectivity index (χ3v) is 3.57. The molecule has 110 valence electrons. The van der Waals surface area contributed by atoms with Crippen molar-refractivity contribution in [1.82, 2.24) is 5.32 Å². The summed E-state index contributed by atoms with van der Waals surface area (Å²) in [5.74, 6) is -0.438. The molecule has 0 unspecified atom stereocenters. The number of halogens is 2. The van der Waals surface area contributed by atoms with Crippen molar-refractivity contribution in [2.75, 3.05) is 4.90 Å². The number of hydrogen-bond donors (Lipinski definition) is 1. The van der Waals surface area contributed by atoms with Crippen molar-refractivity contribution < 1.29 is 9.59 Å². The zero-order valence-corrected chi connectivity index (χ0v) is 12.7. The van der Waals surface area contributed by atoms with Gasteiger partial charge in [0.15, 0.2) is 0 Å². The Morgan fingerprint density at radius 3 is 2.32 bits per heavy atom. The van der Waals surface area contributed by atoms with Crippen molar-refractivity contribution >= 4 is 46.9 Å². The minimum absolute atomic E-state index is 0.187. The maximum absolute atomic E-state index is 12.4. The van der Waals surface area contributed by atoms with E-state index in [2.05, 4.69) is 5.32 Å². The van der Waals surface area contributed by atoms with E-state index >= 15 is 0 Å². The second kappa shape index (κ2) is 5.83. The molecule has 0 spiro atoms. The SMILES string of the molecule is O=C1N/C(=C/c2cccc(Cl)c2)C(=O)N1c1cccc(Cl)c1. The highest BCUT2D eigenvalue weighted by atomic mass is 35.5. The monoisotopic (exact) mass is 332 g/mol. The molecule has 0 saturated carbocycles. The molecule has 3 amide bonds. The van der Waals surface area contributed by atoms with Crippen LogP contribution < -0.4 is 10.2 Å². The van der Waals surface area contributed by atoms with E-state index in [4.69, 9.17) is 23.2 Å². The van der Waals surface area contributed by atoms with Crippen LogP contribution in [-0.4, -0.2) is 11.9 Å². The number of imide groups is 1. The van der Waals surface area contributed by atoms with Gasteiger partial charge in [-0.1, -0.05) is 41.4 Å². The van der Waals surface area contributed by atoms with E-state index < -0.39 is 11.9 Å². The molecule has 6 heteroatoms. The molecule has 0 bridgehead atoms. The summed E-state index contributed by atoms with van der Waals surface area (Å²) in [6, 6.07) is 13.0. The summed E-state index contributed by atoms with van der Waals surface area (Å²) in [7, 11) is 0. The predicted molar refractivity (Wildman–Crippen MR) is 86.9 cm³/mol. The van der Waals surface area contributed by atoms with E-state index in [1.54, 1.807) is 54.6 Å². The van der Waals surface area contributed by atoms with Crippen LogP contribution in [0.1, 0.15) is 5.56 Å². The van der Waals surface area contributed by atoms with Gasteiger partial charge < -0.3 is 5.32 Å². The maximum Gasteiger partial charge on any atom is 0.333 e. The number of urea groups is 1. The molecular formula is C16H10Cl2N2O2. The second-order valence-electron chi connectivity index (χ2n) is 4.66. The Bertz CT molecular complexity index is 802. The van der Waals surface area contributed by atoms with Crippen LogP contribution in [0.2, 0.25) is 10.0 Å². The number of hydrogen-bond acceptors (Lipinski definition) is 2. The molecule has 1 aliphatic rings. The molecule has 1 fully saturated rings. The van der Waals surface area contributed by atoms with Gasteiger partial charge in [0.2, 0.25) is 0 Å². The van der Waals surface area contributed by atoms with E-state index in [9.17, 15) is 9.59 Å². The molecule has 0 aromatic heterocycles. The van der Waals surface area contributed by atoms with Gasteiger partial charge in [-0.05, 0) is 42.0 Å². The van der Waals surface area contributed by atoms with Crippen molar-refractivity contribution in [3.05, 3.63) is 69.8 Å². The molecule has 0 atom stereocenters. The second-order valence-corrected chi connectivity index (χ2v) is 5.54. The first-order valence-electron chi connectivity index (χ1n) is 6.43. The fourth-order valence-electron chi connectivity index (χ4n) is 2.15. The smallest absolute Gasteiger partial charge is 0.302 e. The number of nitrogens with one attached hydrogen (secondary N) is 1. The molecular weight excluding hydrogens is 323 g/mol. The number of carbonyl (C=O) groups is 2. The van der Waals surface area contributed by atoms with Crippen molar-refractivity contribution in [1.29, 1.82) is 0 Å². The third-order valence-electron chi connectivity index (χ3n) is 3.10. The zero-order valence-electron chi connectivity index (χ0n) is 11.2. The Hall–Kier alpha value is -2.30. The number of nitrogens with zero attached hydrogens (tertiary/aromatic N) is 1. The fourth-order valence-corrected chi connectivity index (χ4v) is 2.53. The quantitative estimate of drug-likeness (QED) is 0.665. The van der Waals surface area contributed by atoms with Crippen molar-refractivity contribution in [3.63, 3.8) is 0 Å². The van der Waals surface area contributed by atoms with Crippen LogP contribution >= 0.6 is 23.2 Å². The van der Waals surface area contributed by atoms with Crippen LogP contribution in [0.3, 0.4) is 0 Å². The van der Waals surface area contributed by atoms with Crippen LogP contribution in [0.4, 0.5) is 10.5 Å². The van der Waals surface area contributed by atoms with Gasteiger partial charge in [-0.3, -0.25) is 4.79 Å². The first kappa shape index (κ1) is 14.6. The van der Waals surface area contributed by atoms with E-state index in [0.29, 0.717) is 15.7 Å². The summed E-state index contributed by atoms with van der Waals surface area (Å²) in [5, 5.41) is 3.55. The molecule has 2 aromatic rings. The minimum atomic E-state index is -0.513. The molecule has 1 saturated heterocycles. The topological polar surface area (TPSA) is 49.4 Å². The number of rotatable bonds is 2. The van der Waals surface area contributed by atoms with Crippen molar-refractivity contribution in [3.8, 4) is 0 Å². The number of anilines is 1. The Balaban J connectivity index is 1.95. The Kier molecular flexibility index (Phi) is 3.88. The highest BCUT2D eigenvalue weighted by Crippen LogP contribution is 2.25. The van der Waals surface area contributed by atoms with Gasteiger partial charge in [0.1, 0.15) is 5.70 Å². The summed E-state index contributed by atoms with van der Waals surface area (Å²) >= 11 is 11.8. The van der Waals surface area contributed by atoms with Crippen LogP contribution in [-0.2, 0) is 4.79 Å². The normalized spacial score (nSPS) is 16.3. The number of benzene rings is 2. The van der Waals surface area contributed by atoms with Gasteiger partial charge in [0.25, 0.3) is 5.91 Å². The van der Waals surface area contributed by atoms with Gasteiger partial charge in [-0.25, -0.2) is 9.69 Å². The Morgan fingerprint density at radius 1 is 0.955 bits per heavy atom. The molecule has 2 aromatic carbocycles. The number of amides is 3. The lowest BCUT2D eigenvalue weighted by atomic mass is 10.2.